The molecule has 0 bridgehead atoms. The fraction of sp³-hybridized carbons (Fsp3) is 0.316. The van der Waals surface area contributed by atoms with Gasteiger partial charge in [0.2, 0.25) is 5.91 Å². The third-order valence-corrected chi connectivity index (χ3v) is 4.40. The number of aliphatic hydroxyl groups is 1. The third-order valence-electron chi connectivity index (χ3n) is 4.40. The second-order valence-electron chi connectivity index (χ2n) is 5.95. The molecule has 3 atom stereocenters. The maximum Gasteiger partial charge on any atom is 0.226 e. The first-order chi connectivity index (χ1) is 11.2. The Bertz CT molecular complexity index is 654. The summed E-state index contributed by atoms with van der Waals surface area (Å²) in [4.78, 5) is 12.2. The lowest BCUT2D eigenvalue weighted by molar-refractivity contribution is -0.123. The molecule has 2 N–H and O–H groups in total. The van der Waals surface area contributed by atoms with E-state index in [-0.39, 0.29) is 11.9 Å². The summed E-state index contributed by atoms with van der Waals surface area (Å²) in [7, 11) is 1.62. The van der Waals surface area contributed by atoms with Gasteiger partial charge in [-0.2, -0.15) is 0 Å². The van der Waals surface area contributed by atoms with Gasteiger partial charge in [-0.3, -0.25) is 4.79 Å². The Balaban J connectivity index is 1.67. The lowest BCUT2D eigenvalue weighted by Gasteiger charge is -2.17. The molecule has 2 aromatic carbocycles. The number of methoxy groups -OCH3 is 1. The van der Waals surface area contributed by atoms with E-state index < -0.39 is 12.0 Å². The predicted octanol–water partition coefficient (Wildman–Crippen LogP) is 1.96. The fourth-order valence-corrected chi connectivity index (χ4v) is 3.08. The topological polar surface area (TPSA) is 58.6 Å². The van der Waals surface area contributed by atoms with Gasteiger partial charge in [-0.1, -0.05) is 42.5 Å². The summed E-state index contributed by atoms with van der Waals surface area (Å²) in [5.74, 6) is 0.304. The van der Waals surface area contributed by atoms with Crippen LogP contribution < -0.4 is 10.1 Å². The van der Waals surface area contributed by atoms with Crippen molar-refractivity contribution >= 4 is 5.91 Å². The largest absolute Gasteiger partial charge is 0.497 e. The molecule has 3 rings (SSSR count). The summed E-state index contributed by atoms with van der Waals surface area (Å²) in [6.45, 7) is 0. The van der Waals surface area contributed by atoms with Crippen LogP contribution >= 0.6 is 0 Å². The highest BCUT2D eigenvalue weighted by atomic mass is 16.5. The van der Waals surface area contributed by atoms with E-state index in [2.05, 4.69) is 5.32 Å². The van der Waals surface area contributed by atoms with Crippen molar-refractivity contribution in [2.45, 2.75) is 25.0 Å². The first-order valence-electron chi connectivity index (χ1n) is 7.82. The van der Waals surface area contributed by atoms with E-state index in [9.17, 15) is 9.90 Å². The number of nitrogens with one attached hydrogen (secondary N) is 1. The Labute approximate surface area is 136 Å². The van der Waals surface area contributed by atoms with E-state index in [1.54, 1.807) is 7.11 Å². The molecule has 2 aromatic rings. The monoisotopic (exact) mass is 311 g/mol. The van der Waals surface area contributed by atoms with Gasteiger partial charge in [-0.25, -0.2) is 0 Å². The van der Waals surface area contributed by atoms with Crippen LogP contribution in [0.5, 0.6) is 5.75 Å². The van der Waals surface area contributed by atoms with Crippen molar-refractivity contribution in [1.29, 1.82) is 0 Å². The molecule has 0 radical (unpaired) electrons. The van der Waals surface area contributed by atoms with Crippen molar-refractivity contribution in [3.63, 3.8) is 0 Å². The number of hydrogen-bond donors (Lipinski definition) is 2. The maximum absolute atomic E-state index is 12.2. The number of benzene rings is 2. The van der Waals surface area contributed by atoms with Crippen molar-refractivity contribution in [1.82, 2.24) is 5.32 Å². The molecular weight excluding hydrogens is 290 g/mol. The van der Waals surface area contributed by atoms with Gasteiger partial charge in [-0.05, 0) is 36.1 Å². The molecule has 0 unspecified atom stereocenters. The molecule has 1 saturated heterocycles. The highest BCUT2D eigenvalue weighted by molar-refractivity contribution is 5.82. The number of amides is 1. The summed E-state index contributed by atoms with van der Waals surface area (Å²) < 4.78 is 5.14. The third kappa shape index (κ3) is 3.54. The van der Waals surface area contributed by atoms with Gasteiger partial charge in [0.05, 0.1) is 25.2 Å². The summed E-state index contributed by atoms with van der Waals surface area (Å²) in [6.07, 6.45) is 0.500. The van der Waals surface area contributed by atoms with Gasteiger partial charge in [0.1, 0.15) is 5.75 Å². The highest BCUT2D eigenvalue weighted by Crippen LogP contribution is 2.24. The number of aliphatic hydroxyl groups excluding tert-OH is 1. The van der Waals surface area contributed by atoms with Crippen LogP contribution in [0.4, 0.5) is 0 Å². The Kier molecular flexibility index (Phi) is 4.63. The van der Waals surface area contributed by atoms with Gasteiger partial charge >= 0.3 is 0 Å². The standard InChI is InChI=1S/C19H21NO3/c1-23-15-9-7-14(8-10-15)11-16-18(21)17(20-19(16)22)12-13-5-3-2-4-6-13/h2-10,16-18,21H,11-12H2,1H3,(H,20,22)/t16-,17+,18+/m1/s1. The van der Waals surface area contributed by atoms with Crippen LogP contribution in [0, 0.1) is 5.92 Å². The smallest absolute Gasteiger partial charge is 0.226 e. The number of carbonyl (C=O) groups is 1. The lowest BCUT2D eigenvalue weighted by Crippen LogP contribution is -2.34. The minimum Gasteiger partial charge on any atom is -0.497 e. The van der Waals surface area contributed by atoms with Crippen LogP contribution in [0.25, 0.3) is 0 Å². The Morgan fingerprint density at radius 1 is 1.00 bits per heavy atom. The zero-order valence-corrected chi connectivity index (χ0v) is 13.1. The first-order valence-corrected chi connectivity index (χ1v) is 7.82. The van der Waals surface area contributed by atoms with E-state index in [1.807, 2.05) is 54.6 Å². The molecule has 4 heteroatoms. The number of ether oxygens (including phenoxy) is 1. The van der Waals surface area contributed by atoms with Gasteiger partial charge in [0.25, 0.3) is 0 Å². The second-order valence-corrected chi connectivity index (χ2v) is 5.95. The molecule has 1 fully saturated rings. The fourth-order valence-electron chi connectivity index (χ4n) is 3.08. The van der Waals surface area contributed by atoms with Gasteiger partial charge in [-0.15, -0.1) is 0 Å². The zero-order valence-electron chi connectivity index (χ0n) is 13.1. The average molecular weight is 311 g/mol. The summed E-state index contributed by atoms with van der Waals surface area (Å²) in [5.41, 5.74) is 2.13. The lowest BCUT2D eigenvalue weighted by atomic mass is 9.91. The van der Waals surface area contributed by atoms with Gasteiger partial charge in [0.15, 0.2) is 0 Å². The molecule has 120 valence electrons. The SMILES string of the molecule is COc1ccc(C[C@H]2C(=O)N[C@@H](Cc3ccccc3)[C@H]2O)cc1. The van der Waals surface area contributed by atoms with E-state index in [0.717, 1.165) is 16.9 Å². The van der Waals surface area contributed by atoms with E-state index in [0.29, 0.717) is 12.8 Å². The molecule has 1 heterocycles. The molecule has 0 saturated carbocycles. The van der Waals surface area contributed by atoms with Gasteiger partial charge in [0, 0.05) is 0 Å². The summed E-state index contributed by atoms with van der Waals surface area (Å²) >= 11 is 0. The molecule has 0 aliphatic carbocycles. The van der Waals surface area contributed by atoms with Crippen LogP contribution in [0.15, 0.2) is 54.6 Å². The quantitative estimate of drug-likeness (QED) is 0.887. The molecule has 0 aromatic heterocycles. The average Bonchev–Trinajstić information content (AvgIpc) is 2.84. The molecule has 4 nitrogen and oxygen atoms in total. The van der Waals surface area contributed by atoms with Crippen LogP contribution in [0.2, 0.25) is 0 Å². The minimum absolute atomic E-state index is 0.0748. The summed E-state index contributed by atoms with van der Waals surface area (Å²) in [5, 5.41) is 13.5. The maximum atomic E-state index is 12.2. The van der Waals surface area contributed by atoms with E-state index in [4.69, 9.17) is 4.74 Å². The molecule has 1 aliphatic rings. The number of carbonyl (C=O) groups excluding carboxylic acids is 1. The van der Waals surface area contributed by atoms with Crippen LogP contribution in [-0.2, 0) is 17.6 Å². The van der Waals surface area contributed by atoms with Crippen molar-refractivity contribution in [3.8, 4) is 5.75 Å². The van der Waals surface area contributed by atoms with E-state index in [1.165, 1.54) is 0 Å². The van der Waals surface area contributed by atoms with Crippen LogP contribution in [0.3, 0.4) is 0 Å². The van der Waals surface area contributed by atoms with Gasteiger partial charge < -0.3 is 15.2 Å². The Hall–Kier alpha value is -2.33. The molecular formula is C19H21NO3. The molecule has 23 heavy (non-hydrogen) atoms. The number of rotatable bonds is 5. The summed E-state index contributed by atoms with van der Waals surface area (Å²) in [6, 6.07) is 17.3. The number of hydrogen-bond acceptors (Lipinski definition) is 3. The minimum atomic E-state index is -0.676. The molecule has 0 spiro atoms. The Morgan fingerprint density at radius 2 is 1.65 bits per heavy atom. The van der Waals surface area contributed by atoms with Crippen molar-refractivity contribution in [2.24, 2.45) is 5.92 Å². The zero-order chi connectivity index (χ0) is 16.2. The predicted molar refractivity (Wildman–Crippen MR) is 88.3 cm³/mol. The Morgan fingerprint density at radius 3 is 2.30 bits per heavy atom. The molecule has 1 aliphatic heterocycles. The van der Waals surface area contributed by atoms with Crippen molar-refractivity contribution in [3.05, 3.63) is 65.7 Å². The van der Waals surface area contributed by atoms with Crippen molar-refractivity contribution in [2.75, 3.05) is 7.11 Å². The molecule has 1 amide bonds. The van der Waals surface area contributed by atoms with Crippen LogP contribution in [-0.4, -0.2) is 30.3 Å². The van der Waals surface area contributed by atoms with Crippen molar-refractivity contribution < 1.29 is 14.6 Å². The first kappa shape index (κ1) is 15.6. The second kappa shape index (κ2) is 6.84. The highest BCUT2D eigenvalue weighted by Gasteiger charge is 2.40. The van der Waals surface area contributed by atoms with E-state index >= 15 is 0 Å². The normalized spacial score (nSPS) is 23.6. The van der Waals surface area contributed by atoms with Crippen LogP contribution in [0.1, 0.15) is 11.1 Å².